The molecule has 1 aromatic heterocycles. The highest BCUT2D eigenvalue weighted by atomic mass is 32.2. The van der Waals surface area contributed by atoms with E-state index in [1.54, 1.807) is 24.3 Å². The fourth-order valence-corrected chi connectivity index (χ4v) is 4.81. The molecule has 30 heavy (non-hydrogen) atoms. The van der Waals surface area contributed by atoms with Crippen LogP contribution in [0.25, 0.3) is 11.0 Å². The standard InChI is InChI=1S/C20H18F2N2O5S/c1-28-17-4-2-3-13-11-18(29-19(13)17)20(25)23-7-9-24(10-8-23)30(26,27)14-5-6-15(21)16(22)12-14/h2-6,11-12H,7-10H2,1H3. The second-order valence-electron chi connectivity index (χ2n) is 6.76. The number of carbonyl (C=O) groups excluding carboxylic acids is 1. The van der Waals surface area contributed by atoms with Crippen molar-refractivity contribution in [3.8, 4) is 5.75 Å². The van der Waals surface area contributed by atoms with Crippen molar-refractivity contribution in [1.29, 1.82) is 0 Å². The summed E-state index contributed by atoms with van der Waals surface area (Å²) in [5.41, 5.74) is 0.461. The first-order chi connectivity index (χ1) is 14.3. The average molecular weight is 436 g/mol. The van der Waals surface area contributed by atoms with Gasteiger partial charge in [-0.05, 0) is 30.3 Å². The van der Waals surface area contributed by atoms with Crippen LogP contribution in [0.5, 0.6) is 5.75 Å². The summed E-state index contributed by atoms with van der Waals surface area (Å²) in [6.07, 6.45) is 0. The zero-order valence-corrected chi connectivity index (χ0v) is 16.8. The number of hydrogen-bond acceptors (Lipinski definition) is 5. The van der Waals surface area contributed by atoms with Crippen molar-refractivity contribution in [2.75, 3.05) is 33.3 Å². The van der Waals surface area contributed by atoms with Crippen LogP contribution < -0.4 is 4.74 Å². The lowest BCUT2D eigenvalue weighted by molar-refractivity contribution is 0.0668. The molecule has 0 bridgehead atoms. The van der Waals surface area contributed by atoms with E-state index in [0.29, 0.717) is 17.4 Å². The molecule has 3 aromatic rings. The Balaban J connectivity index is 1.49. The summed E-state index contributed by atoms with van der Waals surface area (Å²) in [4.78, 5) is 14.0. The van der Waals surface area contributed by atoms with Gasteiger partial charge in [-0.15, -0.1) is 0 Å². The minimum atomic E-state index is -4.00. The summed E-state index contributed by atoms with van der Waals surface area (Å²) in [5, 5.41) is 0.720. The molecule has 1 saturated heterocycles. The number of hydrogen-bond donors (Lipinski definition) is 0. The van der Waals surface area contributed by atoms with Crippen LogP contribution in [0.3, 0.4) is 0 Å². The highest BCUT2D eigenvalue weighted by Crippen LogP contribution is 2.29. The van der Waals surface area contributed by atoms with E-state index in [-0.39, 0.29) is 42.7 Å². The fourth-order valence-electron chi connectivity index (χ4n) is 3.38. The summed E-state index contributed by atoms with van der Waals surface area (Å²) >= 11 is 0. The highest BCUT2D eigenvalue weighted by Gasteiger charge is 2.32. The number of sulfonamides is 1. The average Bonchev–Trinajstić information content (AvgIpc) is 3.19. The van der Waals surface area contributed by atoms with Crippen LogP contribution in [0.1, 0.15) is 10.6 Å². The zero-order valence-electron chi connectivity index (χ0n) is 16.0. The molecule has 0 spiro atoms. The Kier molecular flexibility index (Phi) is 5.20. The zero-order chi connectivity index (χ0) is 21.5. The van der Waals surface area contributed by atoms with Gasteiger partial charge < -0.3 is 14.1 Å². The van der Waals surface area contributed by atoms with Gasteiger partial charge in [-0.1, -0.05) is 12.1 Å². The SMILES string of the molecule is COc1cccc2cc(C(=O)N3CCN(S(=O)(=O)c4ccc(F)c(F)c4)CC3)oc12. The van der Waals surface area contributed by atoms with Crippen molar-refractivity contribution >= 4 is 26.9 Å². The molecule has 0 N–H and O–H groups in total. The molecule has 2 heterocycles. The van der Waals surface area contributed by atoms with Gasteiger partial charge in [-0.25, -0.2) is 17.2 Å². The van der Waals surface area contributed by atoms with Crippen LogP contribution in [-0.2, 0) is 10.0 Å². The normalized spacial score (nSPS) is 15.5. The largest absolute Gasteiger partial charge is 0.493 e. The van der Waals surface area contributed by atoms with E-state index in [4.69, 9.17) is 9.15 Å². The molecule has 158 valence electrons. The number of piperazine rings is 1. The quantitative estimate of drug-likeness (QED) is 0.628. The second-order valence-corrected chi connectivity index (χ2v) is 8.70. The Bertz CT molecular complexity index is 1220. The molecule has 2 aromatic carbocycles. The molecule has 0 radical (unpaired) electrons. The predicted octanol–water partition coefficient (Wildman–Crippen LogP) is 2.87. The molecule has 1 fully saturated rings. The molecule has 1 amide bonds. The Morgan fingerprint density at radius 3 is 2.43 bits per heavy atom. The third-order valence-corrected chi connectivity index (χ3v) is 6.89. The maximum atomic E-state index is 13.4. The first-order valence-electron chi connectivity index (χ1n) is 9.12. The minimum absolute atomic E-state index is 0.0244. The van der Waals surface area contributed by atoms with Gasteiger partial charge in [0.15, 0.2) is 28.7 Å². The van der Waals surface area contributed by atoms with Gasteiger partial charge in [0.1, 0.15) is 0 Å². The van der Waals surface area contributed by atoms with Gasteiger partial charge in [-0.2, -0.15) is 4.31 Å². The molecule has 0 saturated carbocycles. The highest BCUT2D eigenvalue weighted by molar-refractivity contribution is 7.89. The van der Waals surface area contributed by atoms with E-state index in [9.17, 15) is 22.0 Å². The lowest BCUT2D eigenvalue weighted by atomic mass is 10.2. The third-order valence-electron chi connectivity index (χ3n) is 4.99. The maximum absolute atomic E-state index is 13.4. The Labute approximate surface area is 171 Å². The van der Waals surface area contributed by atoms with E-state index in [0.717, 1.165) is 21.8 Å². The lowest BCUT2D eigenvalue weighted by Gasteiger charge is -2.33. The smallest absolute Gasteiger partial charge is 0.289 e. The summed E-state index contributed by atoms with van der Waals surface area (Å²) in [5.74, 6) is -2.07. The number of rotatable bonds is 4. The van der Waals surface area contributed by atoms with Crippen LogP contribution in [-0.4, -0.2) is 56.8 Å². The number of methoxy groups -OCH3 is 1. The maximum Gasteiger partial charge on any atom is 0.289 e. The minimum Gasteiger partial charge on any atom is -0.493 e. The Morgan fingerprint density at radius 2 is 1.77 bits per heavy atom. The van der Waals surface area contributed by atoms with Crippen LogP contribution in [0, 0.1) is 11.6 Å². The molecule has 7 nitrogen and oxygen atoms in total. The number of carbonyl (C=O) groups is 1. The van der Waals surface area contributed by atoms with Gasteiger partial charge in [-0.3, -0.25) is 4.79 Å². The van der Waals surface area contributed by atoms with Gasteiger partial charge in [0.25, 0.3) is 5.91 Å². The van der Waals surface area contributed by atoms with E-state index in [2.05, 4.69) is 0 Å². The Morgan fingerprint density at radius 1 is 1.03 bits per heavy atom. The van der Waals surface area contributed by atoms with Crippen LogP contribution in [0.4, 0.5) is 8.78 Å². The first-order valence-corrected chi connectivity index (χ1v) is 10.6. The fraction of sp³-hybridized carbons (Fsp3) is 0.250. The number of amides is 1. The molecule has 0 aliphatic carbocycles. The van der Waals surface area contributed by atoms with Crippen LogP contribution >= 0.6 is 0 Å². The monoisotopic (exact) mass is 436 g/mol. The first kappa shape index (κ1) is 20.3. The van der Waals surface area contributed by atoms with Crippen molar-refractivity contribution in [2.45, 2.75) is 4.90 Å². The third kappa shape index (κ3) is 3.52. The molecular weight excluding hydrogens is 418 g/mol. The molecule has 0 atom stereocenters. The number of furan rings is 1. The number of fused-ring (bicyclic) bond motifs is 1. The Hall–Kier alpha value is -2.98. The van der Waals surface area contributed by atoms with Gasteiger partial charge in [0.05, 0.1) is 12.0 Å². The van der Waals surface area contributed by atoms with Crippen LogP contribution in [0.2, 0.25) is 0 Å². The van der Waals surface area contributed by atoms with Gasteiger partial charge in [0, 0.05) is 31.6 Å². The number of ether oxygens (including phenoxy) is 1. The molecule has 1 aliphatic rings. The molecule has 1 aliphatic heterocycles. The van der Waals surface area contributed by atoms with Gasteiger partial charge >= 0.3 is 0 Å². The van der Waals surface area contributed by atoms with E-state index >= 15 is 0 Å². The number of benzene rings is 2. The molecule has 4 rings (SSSR count). The van der Waals surface area contributed by atoms with Gasteiger partial charge in [0.2, 0.25) is 10.0 Å². The molecule has 10 heteroatoms. The number of halogens is 2. The second kappa shape index (κ2) is 7.69. The number of nitrogens with zero attached hydrogens (tertiary/aromatic N) is 2. The van der Waals surface area contributed by atoms with Crippen molar-refractivity contribution in [3.63, 3.8) is 0 Å². The van der Waals surface area contributed by atoms with Crippen LogP contribution in [0.15, 0.2) is 51.8 Å². The van der Waals surface area contributed by atoms with E-state index in [1.165, 1.54) is 12.0 Å². The van der Waals surface area contributed by atoms with E-state index < -0.39 is 21.7 Å². The molecule has 0 unspecified atom stereocenters. The lowest BCUT2D eigenvalue weighted by Crippen LogP contribution is -2.50. The molecular formula is C20H18F2N2O5S. The summed E-state index contributed by atoms with van der Waals surface area (Å²) in [6, 6.07) is 9.37. The summed E-state index contributed by atoms with van der Waals surface area (Å²) < 4.78 is 64.0. The summed E-state index contributed by atoms with van der Waals surface area (Å²) in [7, 11) is -2.49. The predicted molar refractivity (Wildman–Crippen MR) is 104 cm³/mol. The van der Waals surface area contributed by atoms with Crippen molar-refractivity contribution in [1.82, 2.24) is 9.21 Å². The van der Waals surface area contributed by atoms with Crippen molar-refractivity contribution in [3.05, 3.63) is 59.9 Å². The number of para-hydroxylation sites is 1. The topological polar surface area (TPSA) is 80.1 Å². The summed E-state index contributed by atoms with van der Waals surface area (Å²) in [6.45, 7) is 0.319. The van der Waals surface area contributed by atoms with Crippen molar-refractivity contribution < 1.29 is 31.1 Å². The van der Waals surface area contributed by atoms with E-state index in [1.807, 2.05) is 0 Å². The van der Waals surface area contributed by atoms with Crippen molar-refractivity contribution in [2.24, 2.45) is 0 Å².